The Labute approximate surface area is 168 Å². The fraction of sp³-hybridized carbons (Fsp3) is 0.333. The zero-order valence-electron chi connectivity index (χ0n) is 16.2. The highest BCUT2D eigenvalue weighted by Crippen LogP contribution is 2.32. The highest BCUT2D eigenvalue weighted by molar-refractivity contribution is 6.39. The average Bonchev–Trinajstić information content (AvgIpc) is 3.22. The van der Waals surface area contributed by atoms with Gasteiger partial charge in [-0.25, -0.2) is 0 Å². The average molecular weight is 397 g/mol. The molecule has 4 rings (SSSR count). The van der Waals surface area contributed by atoms with Crippen LogP contribution in [0.25, 0.3) is 0 Å². The first-order valence-corrected chi connectivity index (χ1v) is 9.47. The number of ether oxygens (including phenoxy) is 3. The quantitative estimate of drug-likeness (QED) is 0.792. The minimum atomic E-state index is -0.637. The highest BCUT2D eigenvalue weighted by atomic mass is 16.7. The maximum absolute atomic E-state index is 12.5. The van der Waals surface area contributed by atoms with Crippen molar-refractivity contribution < 1.29 is 23.8 Å². The van der Waals surface area contributed by atoms with Gasteiger partial charge in [-0.05, 0) is 29.8 Å². The van der Waals surface area contributed by atoms with Crippen LogP contribution in [0.15, 0.2) is 42.5 Å². The highest BCUT2D eigenvalue weighted by Gasteiger charge is 2.26. The first kappa shape index (κ1) is 19.1. The molecule has 2 aromatic carbocycles. The van der Waals surface area contributed by atoms with E-state index >= 15 is 0 Å². The molecule has 2 aliphatic rings. The first-order valence-electron chi connectivity index (χ1n) is 9.47. The second-order valence-corrected chi connectivity index (χ2v) is 6.94. The molecule has 2 aromatic rings. The Morgan fingerprint density at radius 2 is 1.83 bits per heavy atom. The van der Waals surface area contributed by atoms with E-state index in [1.165, 1.54) is 0 Å². The molecule has 0 aliphatic carbocycles. The zero-order chi connectivity index (χ0) is 20.2. The van der Waals surface area contributed by atoms with Crippen molar-refractivity contribution in [2.45, 2.75) is 6.54 Å². The zero-order valence-corrected chi connectivity index (χ0v) is 16.2. The molecule has 8 nitrogen and oxygen atoms in total. The van der Waals surface area contributed by atoms with Gasteiger partial charge >= 0.3 is 11.8 Å². The minimum absolute atomic E-state index is 0.261. The van der Waals surface area contributed by atoms with Crippen LogP contribution in [-0.4, -0.2) is 61.7 Å². The number of hydrogen-bond donors (Lipinski definition) is 1. The van der Waals surface area contributed by atoms with E-state index in [1.807, 2.05) is 18.2 Å². The van der Waals surface area contributed by atoms with Crippen LogP contribution in [0, 0.1) is 0 Å². The Kier molecular flexibility index (Phi) is 5.53. The number of hydrogen-bond acceptors (Lipinski definition) is 6. The van der Waals surface area contributed by atoms with Crippen LogP contribution in [-0.2, 0) is 16.1 Å². The normalized spacial score (nSPS) is 15.8. The summed E-state index contributed by atoms with van der Waals surface area (Å²) in [4.78, 5) is 28.6. The van der Waals surface area contributed by atoms with Crippen LogP contribution in [0.4, 0.5) is 5.69 Å². The molecule has 0 saturated carbocycles. The van der Waals surface area contributed by atoms with Crippen molar-refractivity contribution in [1.82, 2.24) is 9.80 Å². The molecule has 1 fully saturated rings. The maximum atomic E-state index is 12.5. The number of carbonyl (C=O) groups is 2. The molecule has 2 heterocycles. The Morgan fingerprint density at radius 3 is 2.62 bits per heavy atom. The molecule has 0 aromatic heterocycles. The van der Waals surface area contributed by atoms with Crippen molar-refractivity contribution in [3.8, 4) is 17.2 Å². The van der Waals surface area contributed by atoms with Crippen LogP contribution in [0.3, 0.4) is 0 Å². The summed E-state index contributed by atoms with van der Waals surface area (Å²) in [5, 5.41) is 2.64. The predicted molar refractivity (Wildman–Crippen MR) is 106 cm³/mol. The van der Waals surface area contributed by atoms with E-state index in [9.17, 15) is 9.59 Å². The van der Waals surface area contributed by atoms with Gasteiger partial charge in [0.15, 0.2) is 11.5 Å². The van der Waals surface area contributed by atoms with Gasteiger partial charge < -0.3 is 24.4 Å². The Balaban J connectivity index is 1.28. The van der Waals surface area contributed by atoms with Crippen LogP contribution < -0.4 is 19.5 Å². The van der Waals surface area contributed by atoms with E-state index in [-0.39, 0.29) is 6.79 Å². The van der Waals surface area contributed by atoms with Crippen molar-refractivity contribution in [2.24, 2.45) is 0 Å². The van der Waals surface area contributed by atoms with Gasteiger partial charge in [-0.1, -0.05) is 12.1 Å². The number of amides is 2. The molecular weight excluding hydrogens is 374 g/mol. The standard InChI is InChI=1S/C21H23N3O5/c1-27-17-4-2-3-16(12-17)22-20(25)21(26)24-9-7-23(8-10-24)13-15-5-6-18-19(11-15)29-14-28-18/h2-6,11-12H,7-10,13-14H2,1H3,(H,22,25). The Bertz CT molecular complexity index is 909. The lowest BCUT2D eigenvalue weighted by molar-refractivity contribution is -0.144. The number of nitrogens with zero attached hydrogens (tertiary/aromatic N) is 2. The second-order valence-electron chi connectivity index (χ2n) is 6.94. The van der Waals surface area contributed by atoms with Gasteiger partial charge in [-0.3, -0.25) is 14.5 Å². The monoisotopic (exact) mass is 397 g/mol. The smallest absolute Gasteiger partial charge is 0.313 e. The largest absolute Gasteiger partial charge is 0.497 e. The Hall–Kier alpha value is -3.26. The predicted octanol–water partition coefficient (Wildman–Crippen LogP) is 1.71. The SMILES string of the molecule is COc1cccc(NC(=O)C(=O)N2CCN(Cc3ccc4c(c3)OCO4)CC2)c1. The molecule has 0 bridgehead atoms. The number of methoxy groups -OCH3 is 1. The molecule has 8 heteroatoms. The summed E-state index contributed by atoms with van der Waals surface area (Å²) >= 11 is 0. The van der Waals surface area contributed by atoms with Gasteiger partial charge in [-0.2, -0.15) is 0 Å². The van der Waals surface area contributed by atoms with E-state index in [1.54, 1.807) is 36.3 Å². The van der Waals surface area contributed by atoms with Gasteiger partial charge in [0.1, 0.15) is 5.75 Å². The van der Waals surface area contributed by atoms with Gasteiger partial charge in [0.2, 0.25) is 6.79 Å². The fourth-order valence-corrected chi connectivity index (χ4v) is 3.44. The summed E-state index contributed by atoms with van der Waals surface area (Å²) in [6.07, 6.45) is 0. The molecule has 152 valence electrons. The molecule has 0 unspecified atom stereocenters. The van der Waals surface area contributed by atoms with E-state index in [0.29, 0.717) is 37.6 Å². The fourth-order valence-electron chi connectivity index (χ4n) is 3.44. The van der Waals surface area contributed by atoms with Crippen molar-refractivity contribution in [2.75, 3.05) is 45.4 Å². The van der Waals surface area contributed by atoms with Crippen molar-refractivity contribution >= 4 is 17.5 Å². The molecule has 2 aliphatic heterocycles. The van der Waals surface area contributed by atoms with Crippen LogP contribution in [0.1, 0.15) is 5.56 Å². The first-order chi connectivity index (χ1) is 14.1. The lowest BCUT2D eigenvalue weighted by Gasteiger charge is -2.34. The third-order valence-corrected chi connectivity index (χ3v) is 5.02. The number of benzene rings is 2. The lowest BCUT2D eigenvalue weighted by Crippen LogP contribution is -2.51. The summed E-state index contributed by atoms with van der Waals surface area (Å²) in [6, 6.07) is 12.9. The molecule has 0 radical (unpaired) electrons. The van der Waals surface area contributed by atoms with Crippen molar-refractivity contribution in [3.05, 3.63) is 48.0 Å². The van der Waals surface area contributed by atoms with Crippen molar-refractivity contribution in [1.29, 1.82) is 0 Å². The molecule has 0 spiro atoms. The molecule has 0 atom stereocenters. The summed E-state index contributed by atoms with van der Waals surface area (Å²) in [6.45, 7) is 3.44. The van der Waals surface area contributed by atoms with Gasteiger partial charge in [-0.15, -0.1) is 0 Å². The van der Waals surface area contributed by atoms with Gasteiger partial charge in [0, 0.05) is 44.5 Å². The third-order valence-electron chi connectivity index (χ3n) is 5.02. The molecule has 1 saturated heterocycles. The van der Waals surface area contributed by atoms with E-state index < -0.39 is 11.8 Å². The number of anilines is 1. The van der Waals surface area contributed by atoms with E-state index in [2.05, 4.69) is 10.2 Å². The number of nitrogens with one attached hydrogen (secondary N) is 1. The van der Waals surface area contributed by atoms with Crippen LogP contribution in [0.5, 0.6) is 17.2 Å². The molecule has 29 heavy (non-hydrogen) atoms. The topological polar surface area (TPSA) is 80.3 Å². The third kappa shape index (κ3) is 4.43. The minimum Gasteiger partial charge on any atom is -0.497 e. The molecule has 2 amide bonds. The number of piperazine rings is 1. The van der Waals surface area contributed by atoms with Crippen LogP contribution >= 0.6 is 0 Å². The Morgan fingerprint density at radius 1 is 1.03 bits per heavy atom. The summed E-state index contributed by atoms with van der Waals surface area (Å²) < 4.78 is 15.9. The summed E-state index contributed by atoms with van der Waals surface area (Å²) in [7, 11) is 1.55. The summed E-state index contributed by atoms with van der Waals surface area (Å²) in [5.41, 5.74) is 1.66. The molecule has 1 N–H and O–H groups in total. The van der Waals surface area contributed by atoms with Crippen LogP contribution in [0.2, 0.25) is 0 Å². The number of rotatable bonds is 4. The second kappa shape index (κ2) is 8.40. The van der Waals surface area contributed by atoms with Gasteiger partial charge in [0.25, 0.3) is 0 Å². The molecular formula is C21H23N3O5. The number of fused-ring (bicyclic) bond motifs is 1. The maximum Gasteiger partial charge on any atom is 0.313 e. The lowest BCUT2D eigenvalue weighted by atomic mass is 10.1. The van der Waals surface area contributed by atoms with E-state index in [4.69, 9.17) is 14.2 Å². The van der Waals surface area contributed by atoms with E-state index in [0.717, 1.165) is 23.6 Å². The summed E-state index contributed by atoms with van der Waals surface area (Å²) in [5.74, 6) is 1.00. The van der Waals surface area contributed by atoms with Crippen molar-refractivity contribution in [3.63, 3.8) is 0 Å². The number of carbonyl (C=O) groups excluding carboxylic acids is 2. The van der Waals surface area contributed by atoms with Gasteiger partial charge in [0.05, 0.1) is 7.11 Å².